The molecule has 0 bridgehead atoms. The molecule has 12 rings (SSSR count). The highest BCUT2D eigenvalue weighted by Gasteiger charge is 2.47. The molecule has 12 aliphatic rings. The zero-order valence-corrected chi connectivity index (χ0v) is 85.8. The van der Waals surface area contributed by atoms with E-state index < -0.39 is 10.0 Å². The van der Waals surface area contributed by atoms with Gasteiger partial charge in [0.1, 0.15) is 5.60 Å². The van der Waals surface area contributed by atoms with E-state index in [2.05, 4.69) is 180 Å². The van der Waals surface area contributed by atoms with E-state index >= 15 is 0 Å². The zero-order valence-electron chi connectivity index (χ0n) is 84.9. The van der Waals surface area contributed by atoms with E-state index in [-0.39, 0.29) is 51.1 Å². The summed E-state index contributed by atoms with van der Waals surface area (Å²) in [4.78, 5) is 26.3. The Morgan fingerprint density at radius 2 is 0.579 bits per heavy atom. The van der Waals surface area contributed by atoms with E-state index in [9.17, 15) is 13.2 Å². The van der Waals surface area contributed by atoms with Crippen molar-refractivity contribution in [2.75, 3.05) is 150 Å². The molecule has 5 N–H and O–H groups in total. The first-order valence-corrected chi connectivity index (χ1v) is 49.5. The molecule has 19 nitrogen and oxygen atoms in total. The normalized spacial score (nSPS) is 22.9. The number of amides is 1. The van der Waals surface area contributed by atoms with Gasteiger partial charge in [-0.2, -0.15) is 0 Å². The summed E-state index contributed by atoms with van der Waals surface area (Å²) in [6, 6.07) is 0. The number of hydrogen-bond acceptors (Lipinski definition) is 17. The van der Waals surface area contributed by atoms with Crippen LogP contribution in [0.2, 0.25) is 0 Å². The predicted octanol–water partition coefficient (Wildman–Crippen LogP) is 21.3. The fraction of sp³-hybridized carbons (Fsp3) is 0.989. The molecule has 0 saturated carbocycles. The van der Waals surface area contributed by atoms with Crippen LogP contribution in [-0.2, 0) is 33.7 Å². The molecular formula is C94H209N11O8S. The van der Waals surface area contributed by atoms with Crippen molar-refractivity contribution in [3.05, 3.63) is 0 Å². The van der Waals surface area contributed by atoms with Gasteiger partial charge >= 0.3 is 6.09 Å². The number of sulfonamides is 1. The summed E-state index contributed by atoms with van der Waals surface area (Å²) in [6.07, 6.45) is 18.8. The first-order valence-electron chi connectivity index (χ1n) is 47.8. The number of carbonyl (C=O) groups excluding carboxylic acids is 1. The molecule has 1 amide bonds. The highest BCUT2D eigenvalue weighted by Crippen LogP contribution is 2.41. The van der Waals surface area contributed by atoms with Gasteiger partial charge in [0.25, 0.3) is 0 Å². The monoisotopic (exact) mass is 1650 g/mol. The molecule has 12 saturated heterocycles. The zero-order chi connectivity index (χ0) is 90.2. The van der Waals surface area contributed by atoms with Crippen LogP contribution in [0.1, 0.15) is 394 Å². The molecule has 0 aromatic heterocycles. The third-order valence-electron chi connectivity index (χ3n) is 22.7. The van der Waals surface area contributed by atoms with E-state index in [1.165, 1.54) is 142 Å². The highest BCUT2D eigenvalue weighted by atomic mass is 32.2. The van der Waals surface area contributed by atoms with Crippen molar-refractivity contribution in [1.82, 2.24) is 55.4 Å². The van der Waals surface area contributed by atoms with Crippen LogP contribution in [0.25, 0.3) is 0 Å². The predicted molar refractivity (Wildman–Crippen MR) is 503 cm³/mol. The van der Waals surface area contributed by atoms with Crippen molar-refractivity contribution >= 4 is 16.1 Å². The number of ether oxygens (including phenoxy) is 5. The summed E-state index contributed by atoms with van der Waals surface area (Å²) in [5.74, 6) is -0.192. The minimum absolute atomic E-state index is 0.153. The Balaban J connectivity index is -0.000000291. The molecule has 0 aromatic carbocycles. The van der Waals surface area contributed by atoms with Crippen LogP contribution in [-0.4, -0.2) is 255 Å². The lowest BCUT2D eigenvalue weighted by molar-refractivity contribution is -0.109. The third-order valence-corrected chi connectivity index (χ3v) is 23.7. The maximum absolute atomic E-state index is 11.3. The van der Waals surface area contributed by atoms with E-state index in [0.29, 0.717) is 40.7 Å². The number of likely N-dealkylation sites (tertiary alicyclic amines) is 6. The van der Waals surface area contributed by atoms with E-state index in [0.717, 1.165) is 91.4 Å². The van der Waals surface area contributed by atoms with Gasteiger partial charge in [0.15, 0.2) is 5.94 Å². The van der Waals surface area contributed by atoms with Crippen LogP contribution in [0.3, 0.4) is 0 Å². The molecule has 0 atom stereocenters. The molecule has 0 unspecified atom stereocenters. The first kappa shape index (κ1) is 123. The lowest BCUT2D eigenvalue weighted by Gasteiger charge is -2.48. The van der Waals surface area contributed by atoms with Gasteiger partial charge in [-0.25, -0.2) is 17.9 Å². The van der Waals surface area contributed by atoms with Crippen molar-refractivity contribution in [2.45, 2.75) is 455 Å². The summed E-state index contributed by atoms with van der Waals surface area (Å²) >= 11 is 0. The molecule has 0 radical (unpaired) electrons. The highest BCUT2D eigenvalue weighted by molar-refractivity contribution is 7.89. The number of alkyl carbamates (subject to hydrolysis) is 1. The molecule has 20 heteroatoms. The SMILES string of the molecule is CC.CC.CC.CC.CC.CC.CC.CC.CC.CC.CC.CC.CC(C)(C)N1CCC2(CC1)CNC(=O)O2.CC(C)(C)N1CCC2(CC1)CNCCO2.CC(C)(C)N1CCC2(CC1)CNCO2.CC(C)(C)N1CCC2(CC1)CNS(=O)(=O)CO2.CC(C)(C)N1CCC2(CCCNC2)CC1.CC(C)(C)N1CCC2(CCCO2)CC1. The summed E-state index contributed by atoms with van der Waals surface area (Å²) in [5.41, 5.74) is 2.49. The fourth-order valence-electron chi connectivity index (χ4n) is 15.7. The van der Waals surface area contributed by atoms with Crippen molar-refractivity contribution in [1.29, 1.82) is 0 Å². The lowest BCUT2D eigenvalue weighted by atomic mass is 9.72. The number of nitrogens with one attached hydrogen (secondary N) is 5. The summed E-state index contributed by atoms with van der Waals surface area (Å²) in [5, 5.41) is 13.1. The van der Waals surface area contributed by atoms with Crippen molar-refractivity contribution in [3.63, 3.8) is 0 Å². The van der Waals surface area contributed by atoms with Crippen LogP contribution in [0, 0.1) is 5.41 Å². The van der Waals surface area contributed by atoms with E-state index in [1.807, 2.05) is 166 Å². The molecular weight excluding hydrogens is 1440 g/mol. The molecule has 0 aromatic rings. The topological polar surface area (TPSA) is 177 Å². The number of hydrogen-bond donors (Lipinski definition) is 5. The van der Waals surface area contributed by atoms with Crippen molar-refractivity contribution < 1.29 is 36.9 Å². The minimum atomic E-state index is -3.19. The number of carbonyl (C=O) groups is 1. The number of nitrogens with zero attached hydrogens (tertiary/aromatic N) is 6. The smallest absolute Gasteiger partial charge is 0.407 e. The van der Waals surface area contributed by atoms with Gasteiger partial charge in [-0.05, 0) is 240 Å². The van der Waals surface area contributed by atoms with Gasteiger partial charge in [-0.15, -0.1) is 0 Å². The second-order valence-electron chi connectivity index (χ2n) is 35.3. The lowest BCUT2D eigenvalue weighted by Crippen LogP contribution is -2.59. The average Bonchev–Trinajstić information content (AvgIpc) is 1.17. The number of rotatable bonds is 0. The van der Waals surface area contributed by atoms with Crippen LogP contribution >= 0.6 is 0 Å². The van der Waals surface area contributed by atoms with Gasteiger partial charge in [0.2, 0.25) is 10.0 Å². The van der Waals surface area contributed by atoms with Crippen LogP contribution in [0.5, 0.6) is 0 Å². The molecule has 6 spiro atoms. The van der Waals surface area contributed by atoms with Crippen molar-refractivity contribution in [3.8, 4) is 0 Å². The Bertz CT molecular complexity index is 2150. The van der Waals surface area contributed by atoms with Crippen molar-refractivity contribution in [2.24, 2.45) is 5.41 Å². The molecule has 694 valence electrons. The first-order chi connectivity index (χ1) is 53.7. The van der Waals surface area contributed by atoms with Crippen LogP contribution < -0.4 is 26.0 Å². The molecule has 12 aliphatic heterocycles. The molecule has 12 fully saturated rings. The standard InChI is InChI=1S/C13H26N2.C12H24N2O.C12H23NO.C11H22N2O3S.C11H20N2O2.C11H22N2O.12C2H6/c1-12(2,3)15-9-6-13(7-10-15)5-4-8-14-11-13;1-11(2,3)14-7-4-12(5-8-14)10-13-6-9-15-12;1-11(2,3)13-8-6-12(7-9-13)5-4-10-14-12;1-10(2,3)13-6-4-11(5-7-13)8-12-17(14,15)9-16-11;1-10(2,3)13-6-4-11(5-7-13)8-12-9(14)15-11;1-10(2,3)13-6-4-11(5-7-13)8-12-9-14-11;12*1-2/h14H,4-11H2,1-3H3;13H,4-10H2,1-3H3;4-10H2,1-3H3;12H,4-9H2,1-3H3;4-8H2,1-3H3,(H,12,14);12H,4-9H2,1-3H3;12*1-2H3. The largest absolute Gasteiger partial charge is 0.441 e. The Morgan fingerprint density at radius 3 is 0.825 bits per heavy atom. The number of piperidine rings is 7. The Labute approximate surface area is 715 Å². The van der Waals surface area contributed by atoms with Gasteiger partial charge in [0.05, 0.1) is 42.3 Å². The minimum Gasteiger partial charge on any atom is -0.441 e. The Morgan fingerprint density at radius 1 is 0.289 bits per heavy atom. The maximum Gasteiger partial charge on any atom is 0.407 e. The summed E-state index contributed by atoms with van der Waals surface area (Å²) in [7, 11) is -3.19. The average molecular weight is 1650 g/mol. The van der Waals surface area contributed by atoms with Gasteiger partial charge in [-0.3, -0.25) is 34.7 Å². The summed E-state index contributed by atoms with van der Waals surface area (Å²) in [6.45, 7) is 112. The molecule has 12 heterocycles. The Kier molecular flexibility index (Phi) is 68.9. The van der Waals surface area contributed by atoms with E-state index in [4.69, 9.17) is 23.7 Å². The molecule has 0 aliphatic carbocycles. The van der Waals surface area contributed by atoms with Crippen LogP contribution in [0.4, 0.5) is 4.79 Å². The maximum atomic E-state index is 11.3. The van der Waals surface area contributed by atoms with Crippen LogP contribution in [0.15, 0.2) is 0 Å². The second-order valence-corrected chi connectivity index (χ2v) is 37.0. The van der Waals surface area contributed by atoms with Gasteiger partial charge < -0.3 is 39.6 Å². The van der Waals surface area contributed by atoms with Gasteiger partial charge in [0, 0.05) is 151 Å². The second kappa shape index (κ2) is 63.6. The number of morpholine rings is 1. The fourth-order valence-corrected chi connectivity index (χ4v) is 16.7. The Hall–Kier alpha value is -1.34. The quantitative estimate of drug-likeness (QED) is 0.155. The van der Waals surface area contributed by atoms with E-state index in [1.54, 1.807) is 0 Å². The summed E-state index contributed by atoms with van der Waals surface area (Å²) < 4.78 is 53.8. The third kappa shape index (κ3) is 46.2. The molecule has 114 heavy (non-hydrogen) atoms. The van der Waals surface area contributed by atoms with Gasteiger partial charge in [-0.1, -0.05) is 166 Å².